The molecule has 0 saturated carbocycles. The van der Waals surface area contributed by atoms with Crippen LogP contribution in [0.5, 0.6) is 0 Å². The Bertz CT molecular complexity index is 441. The summed E-state index contributed by atoms with van der Waals surface area (Å²) < 4.78 is 0. The van der Waals surface area contributed by atoms with Gasteiger partial charge < -0.3 is 5.11 Å². The Kier molecular flexibility index (Phi) is 5.79. The van der Waals surface area contributed by atoms with Crippen LogP contribution in [0, 0.1) is 0 Å². The molecule has 0 spiro atoms. The molecule has 0 bridgehead atoms. The summed E-state index contributed by atoms with van der Waals surface area (Å²) in [4.78, 5) is 0. The molecule has 0 aromatic heterocycles. The van der Waals surface area contributed by atoms with Crippen LogP contribution in [-0.4, -0.2) is 32.7 Å². The van der Waals surface area contributed by atoms with Gasteiger partial charge in [-0.3, -0.25) is 0 Å². The van der Waals surface area contributed by atoms with Crippen LogP contribution in [0.25, 0.3) is 0 Å². The summed E-state index contributed by atoms with van der Waals surface area (Å²) in [6.07, 6.45) is 0.306. The second-order valence-corrected chi connectivity index (χ2v) is 8.78. The number of aliphatic hydroxyl groups is 1. The fourth-order valence-electron chi connectivity index (χ4n) is 2.05. The largest absolute Gasteiger partial charge is 0.392 e. The second-order valence-electron chi connectivity index (χ2n) is 4.94. The maximum absolute atomic E-state index is 10.4. The van der Waals surface area contributed by atoms with E-state index in [9.17, 15) is 5.11 Å². The molecule has 1 aliphatic rings. The zero-order valence-corrected chi connectivity index (χ0v) is 14.1. The first kappa shape index (κ1) is 15.8. The Hall–Kier alpha value is 0.460. The van der Waals surface area contributed by atoms with Crippen molar-refractivity contribution in [3.05, 3.63) is 33.8 Å². The van der Waals surface area contributed by atoms with E-state index < -0.39 is 0 Å². The van der Waals surface area contributed by atoms with Crippen molar-refractivity contribution in [2.24, 2.45) is 0 Å². The van der Waals surface area contributed by atoms with Gasteiger partial charge in [0.15, 0.2) is 0 Å². The normalized spacial score (nSPS) is 29.2. The highest BCUT2D eigenvalue weighted by molar-refractivity contribution is 8.07. The summed E-state index contributed by atoms with van der Waals surface area (Å²) in [5.74, 6) is 1.01. The fraction of sp³-hybridized carbons (Fsp3) is 0.571. The van der Waals surface area contributed by atoms with Crippen LogP contribution >= 0.6 is 46.7 Å². The molecule has 1 fully saturated rings. The fourth-order valence-corrected chi connectivity index (χ4v) is 5.38. The lowest BCUT2D eigenvalue weighted by Crippen LogP contribution is -2.35. The maximum atomic E-state index is 10.4. The minimum atomic E-state index is -0.329. The lowest BCUT2D eigenvalue weighted by molar-refractivity contribution is 0.177. The molecular formula is C14H18Cl2OS2. The lowest BCUT2D eigenvalue weighted by atomic mass is 10.1. The van der Waals surface area contributed by atoms with E-state index in [-0.39, 0.29) is 6.10 Å². The van der Waals surface area contributed by atoms with Crippen LogP contribution in [0.1, 0.15) is 19.4 Å². The Balaban J connectivity index is 1.97. The number of thioether (sulfide) groups is 2. The highest BCUT2D eigenvalue weighted by Crippen LogP contribution is 2.37. The van der Waals surface area contributed by atoms with Crippen molar-refractivity contribution in [3.8, 4) is 0 Å². The van der Waals surface area contributed by atoms with Crippen LogP contribution in [0.2, 0.25) is 10.0 Å². The van der Waals surface area contributed by atoms with Crippen LogP contribution < -0.4 is 0 Å². The average molecular weight is 337 g/mol. The third-order valence-corrected chi connectivity index (χ3v) is 7.71. The molecule has 1 heterocycles. The van der Waals surface area contributed by atoms with E-state index in [2.05, 4.69) is 13.8 Å². The van der Waals surface area contributed by atoms with Crippen molar-refractivity contribution >= 4 is 46.7 Å². The minimum Gasteiger partial charge on any atom is -0.392 e. The first-order valence-electron chi connectivity index (χ1n) is 6.36. The quantitative estimate of drug-likeness (QED) is 0.876. The van der Waals surface area contributed by atoms with Gasteiger partial charge in [-0.1, -0.05) is 43.1 Å². The highest BCUT2D eigenvalue weighted by atomic mass is 35.5. The molecule has 1 N–H and O–H groups in total. The molecule has 0 amide bonds. The van der Waals surface area contributed by atoms with Crippen LogP contribution in [0.4, 0.5) is 0 Å². The van der Waals surface area contributed by atoms with E-state index in [4.69, 9.17) is 23.2 Å². The molecule has 1 aliphatic heterocycles. The number of benzene rings is 1. The standard InChI is InChI=1S/C14H18Cl2OS2/c1-8-9(2)19-14(7-18-8)13(17)6-10-3-4-11(15)12(16)5-10/h3-5,8-9,13-14,17H,6-7H2,1-2H3. The molecule has 2 rings (SSSR count). The topological polar surface area (TPSA) is 20.2 Å². The predicted molar refractivity (Wildman–Crippen MR) is 88.9 cm³/mol. The van der Waals surface area contributed by atoms with Crippen molar-refractivity contribution in [1.29, 1.82) is 0 Å². The number of hydrogen-bond donors (Lipinski definition) is 1. The molecule has 1 nitrogen and oxygen atoms in total. The SMILES string of the molecule is CC1SCC(C(O)Cc2ccc(Cl)c(Cl)c2)SC1C. The van der Waals surface area contributed by atoms with Gasteiger partial charge in [0.05, 0.1) is 16.1 Å². The number of rotatable bonds is 3. The van der Waals surface area contributed by atoms with Gasteiger partial charge in [0.2, 0.25) is 0 Å². The Morgan fingerprint density at radius 3 is 2.63 bits per heavy atom. The summed E-state index contributed by atoms with van der Waals surface area (Å²) in [5, 5.41) is 13.0. The third kappa shape index (κ3) is 4.21. The predicted octanol–water partition coefficient (Wildman–Crippen LogP) is 4.52. The van der Waals surface area contributed by atoms with Gasteiger partial charge >= 0.3 is 0 Å². The molecule has 4 unspecified atom stereocenters. The number of aliphatic hydroxyl groups excluding tert-OH is 1. The van der Waals surface area contributed by atoms with Gasteiger partial charge in [-0.25, -0.2) is 0 Å². The zero-order chi connectivity index (χ0) is 14.0. The van der Waals surface area contributed by atoms with E-state index in [0.717, 1.165) is 11.3 Å². The minimum absolute atomic E-state index is 0.297. The second kappa shape index (κ2) is 6.95. The Morgan fingerprint density at radius 1 is 1.26 bits per heavy atom. The van der Waals surface area contributed by atoms with Gasteiger partial charge in [0, 0.05) is 21.5 Å². The van der Waals surface area contributed by atoms with E-state index in [1.165, 1.54) is 0 Å². The molecule has 0 radical (unpaired) electrons. The molecule has 4 atom stereocenters. The molecule has 1 aromatic rings. The molecule has 106 valence electrons. The molecule has 1 aromatic carbocycles. The van der Waals surface area contributed by atoms with E-state index in [1.807, 2.05) is 35.7 Å². The summed E-state index contributed by atoms with van der Waals surface area (Å²) in [6.45, 7) is 4.49. The molecule has 1 saturated heterocycles. The first-order chi connectivity index (χ1) is 8.97. The van der Waals surface area contributed by atoms with Crippen LogP contribution in [0.3, 0.4) is 0 Å². The monoisotopic (exact) mass is 336 g/mol. The maximum Gasteiger partial charge on any atom is 0.0707 e. The first-order valence-corrected chi connectivity index (χ1v) is 9.11. The number of halogens is 2. The van der Waals surface area contributed by atoms with E-state index in [0.29, 0.717) is 32.2 Å². The Labute approximate surface area is 133 Å². The van der Waals surface area contributed by atoms with Crippen molar-refractivity contribution in [2.75, 3.05) is 5.75 Å². The zero-order valence-electron chi connectivity index (χ0n) is 11.0. The van der Waals surface area contributed by atoms with Gasteiger partial charge in [-0.15, -0.1) is 0 Å². The molecule has 5 heteroatoms. The molecular weight excluding hydrogens is 319 g/mol. The molecule has 19 heavy (non-hydrogen) atoms. The van der Waals surface area contributed by atoms with E-state index >= 15 is 0 Å². The Morgan fingerprint density at radius 2 is 2.00 bits per heavy atom. The van der Waals surface area contributed by atoms with Gasteiger partial charge in [0.25, 0.3) is 0 Å². The highest BCUT2D eigenvalue weighted by Gasteiger charge is 2.30. The summed E-state index contributed by atoms with van der Waals surface area (Å²) in [7, 11) is 0. The third-order valence-electron chi connectivity index (χ3n) is 3.43. The lowest BCUT2D eigenvalue weighted by Gasteiger charge is -2.33. The number of hydrogen-bond acceptors (Lipinski definition) is 3. The summed E-state index contributed by atoms with van der Waals surface area (Å²) in [6, 6.07) is 5.57. The average Bonchev–Trinajstić information content (AvgIpc) is 2.37. The van der Waals surface area contributed by atoms with Crippen LogP contribution in [-0.2, 0) is 6.42 Å². The smallest absolute Gasteiger partial charge is 0.0707 e. The van der Waals surface area contributed by atoms with Crippen molar-refractivity contribution in [3.63, 3.8) is 0 Å². The van der Waals surface area contributed by atoms with Crippen molar-refractivity contribution in [1.82, 2.24) is 0 Å². The van der Waals surface area contributed by atoms with Gasteiger partial charge in [-0.05, 0) is 24.1 Å². The van der Waals surface area contributed by atoms with Gasteiger partial charge in [0.1, 0.15) is 0 Å². The molecule has 0 aliphatic carbocycles. The van der Waals surface area contributed by atoms with Crippen molar-refractivity contribution < 1.29 is 5.11 Å². The van der Waals surface area contributed by atoms with E-state index in [1.54, 1.807) is 6.07 Å². The summed E-state index contributed by atoms with van der Waals surface area (Å²) >= 11 is 15.8. The van der Waals surface area contributed by atoms with Crippen LogP contribution in [0.15, 0.2) is 18.2 Å². The van der Waals surface area contributed by atoms with Gasteiger partial charge in [-0.2, -0.15) is 23.5 Å². The summed E-state index contributed by atoms with van der Waals surface area (Å²) in [5.41, 5.74) is 1.04. The van der Waals surface area contributed by atoms with Crippen molar-refractivity contribution in [2.45, 2.75) is 42.1 Å².